The molecule has 0 bridgehead atoms. The van der Waals surface area contributed by atoms with E-state index in [0.29, 0.717) is 6.04 Å². The van der Waals surface area contributed by atoms with Crippen LogP contribution in [0.25, 0.3) is 0 Å². The zero-order valence-corrected chi connectivity index (χ0v) is 8.54. The summed E-state index contributed by atoms with van der Waals surface area (Å²) in [5, 5.41) is 2.96. The van der Waals surface area contributed by atoms with E-state index in [4.69, 9.17) is 0 Å². The predicted octanol–water partition coefficient (Wildman–Crippen LogP) is 1.59. The van der Waals surface area contributed by atoms with Crippen LogP contribution < -0.4 is 5.32 Å². The minimum atomic E-state index is 0.194. The monoisotopic (exact) mass is 194 g/mol. The fourth-order valence-corrected chi connectivity index (χ4v) is 2.70. The third kappa shape index (κ3) is 1.49. The fourth-order valence-electron chi connectivity index (χ4n) is 2.70. The van der Waals surface area contributed by atoms with E-state index in [2.05, 4.69) is 10.2 Å². The molecule has 0 spiro atoms. The van der Waals surface area contributed by atoms with Crippen molar-refractivity contribution in [1.29, 1.82) is 0 Å². The van der Waals surface area contributed by atoms with Crippen LogP contribution >= 0.6 is 0 Å². The second-order valence-electron chi connectivity index (χ2n) is 4.94. The average Bonchev–Trinajstić information content (AvgIpc) is 2.99. The Balaban J connectivity index is 1.72. The van der Waals surface area contributed by atoms with Gasteiger partial charge < -0.3 is 10.2 Å². The van der Waals surface area contributed by atoms with Crippen molar-refractivity contribution in [3.05, 3.63) is 0 Å². The first-order chi connectivity index (χ1) is 6.86. The molecular weight excluding hydrogens is 176 g/mol. The Bertz CT molecular complexity index is 234. The van der Waals surface area contributed by atoms with Crippen molar-refractivity contribution in [3.63, 3.8) is 0 Å². The van der Waals surface area contributed by atoms with Gasteiger partial charge in [0.2, 0.25) is 0 Å². The molecule has 3 heteroatoms. The molecule has 2 amide bonds. The van der Waals surface area contributed by atoms with Crippen LogP contribution in [0.1, 0.15) is 32.1 Å². The molecule has 1 saturated heterocycles. The topological polar surface area (TPSA) is 32.3 Å². The van der Waals surface area contributed by atoms with Crippen molar-refractivity contribution in [2.75, 3.05) is 13.1 Å². The van der Waals surface area contributed by atoms with E-state index >= 15 is 0 Å². The number of nitrogens with one attached hydrogen (secondary N) is 1. The van der Waals surface area contributed by atoms with E-state index in [1.54, 1.807) is 0 Å². The number of hydrogen-bond acceptors (Lipinski definition) is 1. The molecule has 0 unspecified atom stereocenters. The van der Waals surface area contributed by atoms with Crippen molar-refractivity contribution in [1.82, 2.24) is 10.2 Å². The fraction of sp³-hybridized carbons (Fsp3) is 0.909. The lowest BCUT2D eigenvalue weighted by Crippen LogP contribution is -2.52. The van der Waals surface area contributed by atoms with E-state index in [9.17, 15) is 4.79 Å². The predicted molar refractivity (Wildman–Crippen MR) is 54.0 cm³/mol. The average molecular weight is 194 g/mol. The van der Waals surface area contributed by atoms with E-state index in [1.165, 1.54) is 25.7 Å². The van der Waals surface area contributed by atoms with Crippen molar-refractivity contribution in [3.8, 4) is 0 Å². The van der Waals surface area contributed by atoms with Gasteiger partial charge in [-0.1, -0.05) is 0 Å². The van der Waals surface area contributed by atoms with Gasteiger partial charge in [-0.25, -0.2) is 4.79 Å². The molecule has 78 valence electrons. The van der Waals surface area contributed by atoms with Gasteiger partial charge in [-0.05, 0) is 43.9 Å². The highest BCUT2D eigenvalue weighted by atomic mass is 16.2. The molecule has 0 atom stereocenters. The summed E-state index contributed by atoms with van der Waals surface area (Å²) in [4.78, 5) is 13.8. The van der Waals surface area contributed by atoms with Crippen LogP contribution in [-0.2, 0) is 0 Å². The summed E-state index contributed by atoms with van der Waals surface area (Å²) in [6, 6.07) is 0.787. The Morgan fingerprint density at radius 1 is 1.21 bits per heavy atom. The number of carbonyl (C=O) groups excluding carboxylic acids is 1. The van der Waals surface area contributed by atoms with Crippen LogP contribution in [0.15, 0.2) is 0 Å². The maximum atomic E-state index is 11.7. The van der Waals surface area contributed by atoms with Crippen LogP contribution in [0.2, 0.25) is 0 Å². The Kier molecular flexibility index (Phi) is 1.92. The SMILES string of the molecule is O=C1NCCCN1C(C1CC1)C1CC1. The smallest absolute Gasteiger partial charge is 0.317 e. The molecule has 0 aromatic heterocycles. The number of carbonyl (C=O) groups is 1. The van der Waals surface area contributed by atoms with E-state index in [1.807, 2.05) is 0 Å². The molecule has 1 heterocycles. The normalized spacial score (nSPS) is 28.1. The maximum Gasteiger partial charge on any atom is 0.317 e. The Morgan fingerprint density at radius 3 is 2.36 bits per heavy atom. The van der Waals surface area contributed by atoms with Gasteiger partial charge in [-0.15, -0.1) is 0 Å². The summed E-state index contributed by atoms with van der Waals surface area (Å²) in [5.41, 5.74) is 0. The van der Waals surface area contributed by atoms with Crippen molar-refractivity contribution >= 4 is 6.03 Å². The molecule has 2 aliphatic carbocycles. The molecule has 3 fully saturated rings. The molecule has 0 aromatic carbocycles. The number of hydrogen-bond donors (Lipinski definition) is 1. The third-order valence-corrected chi connectivity index (χ3v) is 3.68. The van der Waals surface area contributed by atoms with Gasteiger partial charge in [0.25, 0.3) is 0 Å². The lowest BCUT2D eigenvalue weighted by atomic mass is 10.0. The zero-order valence-electron chi connectivity index (χ0n) is 8.54. The molecule has 14 heavy (non-hydrogen) atoms. The van der Waals surface area contributed by atoms with Crippen LogP contribution in [0, 0.1) is 11.8 Å². The van der Waals surface area contributed by atoms with Crippen LogP contribution in [0.3, 0.4) is 0 Å². The maximum absolute atomic E-state index is 11.7. The van der Waals surface area contributed by atoms with Gasteiger partial charge >= 0.3 is 6.03 Å². The highest BCUT2D eigenvalue weighted by Crippen LogP contribution is 2.47. The molecule has 3 aliphatic rings. The lowest BCUT2D eigenvalue weighted by molar-refractivity contribution is 0.142. The Hall–Kier alpha value is -0.730. The third-order valence-electron chi connectivity index (χ3n) is 3.68. The van der Waals surface area contributed by atoms with E-state index in [-0.39, 0.29) is 6.03 Å². The highest BCUT2D eigenvalue weighted by Gasteiger charge is 2.46. The summed E-state index contributed by atoms with van der Waals surface area (Å²) in [5.74, 6) is 1.68. The highest BCUT2D eigenvalue weighted by molar-refractivity contribution is 5.75. The molecule has 3 nitrogen and oxygen atoms in total. The second-order valence-corrected chi connectivity index (χ2v) is 4.94. The second kappa shape index (κ2) is 3.14. The first kappa shape index (κ1) is 8.57. The summed E-state index contributed by atoms with van der Waals surface area (Å²) < 4.78 is 0. The van der Waals surface area contributed by atoms with E-state index < -0.39 is 0 Å². The van der Waals surface area contributed by atoms with Crippen LogP contribution in [0.4, 0.5) is 4.79 Å². The minimum Gasteiger partial charge on any atom is -0.338 e. The van der Waals surface area contributed by atoms with Gasteiger partial charge in [0.1, 0.15) is 0 Å². The van der Waals surface area contributed by atoms with Gasteiger partial charge in [-0.3, -0.25) is 0 Å². The minimum absolute atomic E-state index is 0.194. The number of amides is 2. The first-order valence-corrected chi connectivity index (χ1v) is 5.91. The number of nitrogens with zero attached hydrogens (tertiary/aromatic N) is 1. The van der Waals surface area contributed by atoms with Crippen molar-refractivity contribution in [2.24, 2.45) is 11.8 Å². The zero-order chi connectivity index (χ0) is 9.54. The molecule has 1 aliphatic heterocycles. The van der Waals surface area contributed by atoms with Gasteiger partial charge in [0, 0.05) is 19.1 Å². The quantitative estimate of drug-likeness (QED) is 0.727. The summed E-state index contributed by atoms with van der Waals surface area (Å²) in [6.45, 7) is 1.86. The summed E-state index contributed by atoms with van der Waals surface area (Å²) in [6.07, 6.45) is 6.54. The van der Waals surface area contributed by atoms with Crippen molar-refractivity contribution in [2.45, 2.75) is 38.1 Å². The summed E-state index contributed by atoms with van der Waals surface area (Å²) in [7, 11) is 0. The van der Waals surface area contributed by atoms with E-state index in [0.717, 1.165) is 31.3 Å². The van der Waals surface area contributed by atoms with Gasteiger partial charge in [-0.2, -0.15) is 0 Å². The standard InChI is InChI=1S/C11H18N2O/c14-11-12-6-1-7-13(11)10(8-2-3-8)9-4-5-9/h8-10H,1-7H2,(H,12,14). The van der Waals surface area contributed by atoms with Gasteiger partial charge in [0.05, 0.1) is 0 Å². The Labute approximate surface area is 84.8 Å². The largest absolute Gasteiger partial charge is 0.338 e. The molecule has 0 radical (unpaired) electrons. The molecule has 1 N–H and O–H groups in total. The molecule has 0 aromatic rings. The van der Waals surface area contributed by atoms with Gasteiger partial charge in [0.15, 0.2) is 0 Å². The summed E-state index contributed by atoms with van der Waals surface area (Å²) >= 11 is 0. The van der Waals surface area contributed by atoms with Crippen LogP contribution in [0.5, 0.6) is 0 Å². The molecular formula is C11H18N2O. The molecule has 2 saturated carbocycles. The van der Waals surface area contributed by atoms with Crippen LogP contribution in [-0.4, -0.2) is 30.1 Å². The molecule has 3 rings (SSSR count). The number of urea groups is 1. The number of rotatable bonds is 3. The Morgan fingerprint density at radius 2 is 1.86 bits per heavy atom. The lowest BCUT2D eigenvalue weighted by Gasteiger charge is -2.35. The van der Waals surface area contributed by atoms with Crippen molar-refractivity contribution < 1.29 is 4.79 Å². The first-order valence-electron chi connectivity index (χ1n) is 5.91.